The van der Waals surface area contributed by atoms with Crippen molar-refractivity contribution in [1.82, 2.24) is 10.3 Å². The van der Waals surface area contributed by atoms with Crippen LogP contribution in [0.2, 0.25) is 0 Å². The summed E-state index contributed by atoms with van der Waals surface area (Å²) in [5, 5.41) is 5.67. The van der Waals surface area contributed by atoms with Crippen LogP contribution in [0, 0.1) is 3.57 Å². The fraction of sp³-hybridized carbons (Fsp3) is 0. The lowest BCUT2D eigenvalue weighted by Gasteiger charge is -2.08. The van der Waals surface area contributed by atoms with Gasteiger partial charge in [-0.05, 0) is 71.2 Å². The van der Waals surface area contributed by atoms with Gasteiger partial charge in [0.25, 0.3) is 5.91 Å². The van der Waals surface area contributed by atoms with Crippen molar-refractivity contribution in [1.29, 1.82) is 0 Å². The summed E-state index contributed by atoms with van der Waals surface area (Å²) in [6.07, 6.45) is 1.71. The van der Waals surface area contributed by atoms with Crippen molar-refractivity contribution in [2.45, 2.75) is 0 Å². The predicted molar refractivity (Wildman–Crippen MR) is 94.8 cm³/mol. The Bertz CT molecular complexity index is 631. The molecular weight excluding hydrogens is 453 g/mol. The van der Waals surface area contributed by atoms with Gasteiger partial charge in [-0.1, -0.05) is 15.9 Å². The zero-order valence-electron chi connectivity index (χ0n) is 10.1. The van der Waals surface area contributed by atoms with E-state index in [0.717, 1.165) is 8.04 Å². The molecule has 2 N–H and O–H groups in total. The summed E-state index contributed by atoms with van der Waals surface area (Å²) >= 11 is 10.6. The van der Waals surface area contributed by atoms with Crippen LogP contribution in [0.15, 0.2) is 47.1 Å². The second-order valence-electron chi connectivity index (χ2n) is 3.78. The van der Waals surface area contributed by atoms with Gasteiger partial charge in [-0.2, -0.15) is 0 Å². The van der Waals surface area contributed by atoms with E-state index in [-0.39, 0.29) is 11.0 Å². The number of rotatable bonds is 2. The first-order valence-electron chi connectivity index (χ1n) is 5.54. The van der Waals surface area contributed by atoms with Gasteiger partial charge in [0.05, 0.1) is 0 Å². The van der Waals surface area contributed by atoms with Gasteiger partial charge in [0.2, 0.25) is 0 Å². The monoisotopic (exact) mass is 461 g/mol. The molecule has 20 heavy (non-hydrogen) atoms. The standard InChI is InChI=1S/C13H9BrIN3OS/c14-9-3-1-8(2-4-9)12(19)18-13(20)17-11-6-5-10(15)7-16-11/h1-7H,(H2,16,17,18,19,20). The Morgan fingerprint density at radius 1 is 1.20 bits per heavy atom. The Morgan fingerprint density at radius 3 is 2.50 bits per heavy atom. The van der Waals surface area contributed by atoms with Crippen molar-refractivity contribution in [3.63, 3.8) is 0 Å². The number of amides is 1. The molecule has 0 saturated heterocycles. The summed E-state index contributed by atoms with van der Waals surface area (Å²) in [6, 6.07) is 10.7. The zero-order chi connectivity index (χ0) is 14.5. The lowest BCUT2D eigenvalue weighted by molar-refractivity contribution is 0.0977. The van der Waals surface area contributed by atoms with Crippen LogP contribution < -0.4 is 10.6 Å². The van der Waals surface area contributed by atoms with Gasteiger partial charge in [-0.25, -0.2) is 4.98 Å². The highest BCUT2D eigenvalue weighted by atomic mass is 127. The lowest BCUT2D eigenvalue weighted by Crippen LogP contribution is -2.34. The quantitative estimate of drug-likeness (QED) is 0.530. The van der Waals surface area contributed by atoms with Crippen LogP contribution in [0.3, 0.4) is 0 Å². The van der Waals surface area contributed by atoms with Gasteiger partial charge >= 0.3 is 0 Å². The molecule has 4 nitrogen and oxygen atoms in total. The second-order valence-corrected chi connectivity index (χ2v) is 6.35. The van der Waals surface area contributed by atoms with Gasteiger partial charge in [-0.15, -0.1) is 0 Å². The Morgan fingerprint density at radius 2 is 1.90 bits per heavy atom. The van der Waals surface area contributed by atoms with E-state index in [0.29, 0.717) is 11.4 Å². The maximum Gasteiger partial charge on any atom is 0.257 e. The smallest absolute Gasteiger partial charge is 0.257 e. The molecule has 0 aliphatic carbocycles. The molecule has 7 heteroatoms. The highest BCUT2D eigenvalue weighted by Crippen LogP contribution is 2.10. The van der Waals surface area contributed by atoms with E-state index in [9.17, 15) is 4.79 Å². The molecule has 0 aliphatic rings. The van der Waals surface area contributed by atoms with Gasteiger partial charge < -0.3 is 5.32 Å². The molecule has 102 valence electrons. The summed E-state index contributed by atoms with van der Waals surface area (Å²) in [5.41, 5.74) is 0.535. The Labute approximate surface area is 143 Å². The summed E-state index contributed by atoms with van der Waals surface area (Å²) in [6.45, 7) is 0. The molecule has 1 aromatic heterocycles. The van der Waals surface area contributed by atoms with Crippen LogP contribution in [-0.4, -0.2) is 16.0 Å². The average Bonchev–Trinajstić information content (AvgIpc) is 2.42. The topological polar surface area (TPSA) is 54.0 Å². The van der Waals surface area contributed by atoms with Crippen LogP contribution in [0.5, 0.6) is 0 Å². The minimum absolute atomic E-state index is 0.214. The number of anilines is 1. The van der Waals surface area contributed by atoms with Gasteiger partial charge in [0.1, 0.15) is 5.82 Å². The second kappa shape index (κ2) is 7.09. The third-order valence-electron chi connectivity index (χ3n) is 2.30. The number of hydrogen-bond acceptors (Lipinski definition) is 3. The summed E-state index contributed by atoms with van der Waals surface area (Å²) in [5.74, 6) is 0.326. The number of benzene rings is 1. The minimum atomic E-state index is -0.263. The molecule has 0 unspecified atom stereocenters. The van der Waals surface area contributed by atoms with E-state index in [1.54, 1.807) is 36.5 Å². The molecule has 1 aromatic carbocycles. The molecule has 1 heterocycles. The third kappa shape index (κ3) is 4.50. The highest BCUT2D eigenvalue weighted by Gasteiger charge is 2.08. The van der Waals surface area contributed by atoms with E-state index in [1.165, 1.54) is 0 Å². The maximum atomic E-state index is 11.9. The summed E-state index contributed by atoms with van der Waals surface area (Å²) in [4.78, 5) is 16.1. The van der Waals surface area contributed by atoms with Crippen molar-refractivity contribution >= 4 is 67.6 Å². The number of aromatic nitrogens is 1. The van der Waals surface area contributed by atoms with Crippen molar-refractivity contribution in [2.24, 2.45) is 0 Å². The number of nitrogens with zero attached hydrogens (tertiary/aromatic N) is 1. The molecule has 0 spiro atoms. The summed E-state index contributed by atoms with van der Waals surface area (Å²) in [7, 11) is 0. The number of halogens is 2. The fourth-order valence-electron chi connectivity index (χ4n) is 1.37. The SMILES string of the molecule is O=C(NC(=S)Nc1ccc(I)cn1)c1ccc(Br)cc1. The van der Waals surface area contributed by atoms with E-state index < -0.39 is 0 Å². The first kappa shape index (κ1) is 15.3. The van der Waals surface area contributed by atoms with E-state index >= 15 is 0 Å². The number of pyridine rings is 1. The molecule has 0 atom stereocenters. The molecule has 0 bridgehead atoms. The van der Waals surface area contributed by atoms with Crippen LogP contribution in [-0.2, 0) is 0 Å². The van der Waals surface area contributed by atoms with Crippen molar-refractivity contribution in [3.8, 4) is 0 Å². The predicted octanol–water partition coefficient (Wildman–Crippen LogP) is 3.58. The number of hydrogen-bond donors (Lipinski definition) is 2. The normalized spacial score (nSPS) is 9.90. The first-order chi connectivity index (χ1) is 9.54. The van der Waals surface area contributed by atoms with Gasteiger partial charge in [-0.3, -0.25) is 10.1 Å². The van der Waals surface area contributed by atoms with Crippen LogP contribution in [0.4, 0.5) is 5.82 Å². The Hall–Kier alpha value is -1.06. The number of thiocarbonyl (C=S) groups is 1. The van der Waals surface area contributed by atoms with Crippen LogP contribution in [0.1, 0.15) is 10.4 Å². The van der Waals surface area contributed by atoms with Crippen LogP contribution in [0.25, 0.3) is 0 Å². The lowest BCUT2D eigenvalue weighted by atomic mass is 10.2. The molecule has 1 amide bonds. The minimum Gasteiger partial charge on any atom is -0.317 e. The molecule has 0 radical (unpaired) electrons. The maximum absolute atomic E-state index is 11.9. The number of carbonyl (C=O) groups is 1. The molecule has 0 fully saturated rings. The average molecular weight is 462 g/mol. The fourth-order valence-corrected chi connectivity index (χ4v) is 2.15. The van der Waals surface area contributed by atoms with E-state index in [1.807, 2.05) is 6.07 Å². The molecule has 2 aromatic rings. The molecule has 2 rings (SSSR count). The molecule has 0 saturated carbocycles. The zero-order valence-corrected chi connectivity index (χ0v) is 14.6. The van der Waals surface area contributed by atoms with E-state index in [4.69, 9.17) is 12.2 Å². The van der Waals surface area contributed by atoms with Gasteiger partial charge in [0.15, 0.2) is 5.11 Å². The van der Waals surface area contributed by atoms with Crippen molar-refractivity contribution < 1.29 is 4.79 Å². The van der Waals surface area contributed by atoms with Crippen molar-refractivity contribution in [2.75, 3.05) is 5.32 Å². The molecule has 0 aliphatic heterocycles. The van der Waals surface area contributed by atoms with Crippen LogP contribution >= 0.6 is 50.7 Å². The number of carbonyl (C=O) groups excluding carboxylic acids is 1. The highest BCUT2D eigenvalue weighted by molar-refractivity contribution is 14.1. The number of nitrogens with one attached hydrogen (secondary N) is 2. The Balaban J connectivity index is 1.95. The molecular formula is C13H9BrIN3OS. The van der Waals surface area contributed by atoms with Gasteiger partial charge in [0, 0.05) is 19.8 Å². The van der Waals surface area contributed by atoms with Crippen molar-refractivity contribution in [3.05, 3.63) is 56.2 Å². The third-order valence-corrected chi connectivity index (χ3v) is 3.67. The Kier molecular flexibility index (Phi) is 5.44. The largest absolute Gasteiger partial charge is 0.317 e. The van der Waals surface area contributed by atoms with E-state index in [2.05, 4.69) is 54.1 Å². The summed E-state index contributed by atoms with van der Waals surface area (Å²) < 4.78 is 1.94. The first-order valence-corrected chi connectivity index (χ1v) is 7.82.